The van der Waals surface area contributed by atoms with Crippen LogP contribution >= 0.6 is 0 Å². The van der Waals surface area contributed by atoms with E-state index >= 15 is 0 Å². The number of amides is 1. The summed E-state index contributed by atoms with van der Waals surface area (Å²) in [6.07, 6.45) is 13.6. The maximum absolute atomic E-state index is 14.2. The number of carboxylic acids is 1. The van der Waals surface area contributed by atoms with Crippen LogP contribution in [0.5, 0.6) is 0 Å². The third-order valence-electron chi connectivity index (χ3n) is 10.9. The van der Waals surface area contributed by atoms with Gasteiger partial charge in [-0.2, -0.15) is 0 Å². The number of ether oxygens (including phenoxy) is 1. The fourth-order valence-corrected chi connectivity index (χ4v) is 8.17. The molecule has 0 aromatic heterocycles. The molecule has 4 saturated carbocycles. The molecule has 0 radical (unpaired) electrons. The highest BCUT2D eigenvalue weighted by Crippen LogP contribution is 2.58. The van der Waals surface area contributed by atoms with E-state index in [1.807, 2.05) is 31.2 Å². The standard InChI is InChI=1S/C36H46N2O4/c1-27(24-33(39)40)29-8-5-9-32(25-29)38(34(41)28-6-3-2-4-7-28)26-35-14-17-36(18-15-35,19-16-35)30-10-12-31(13-11-30)37-20-22-42-23-21-37/h5,8-13,24-25,28H,2-4,6-7,14-23,26H2,1H3,(H,39,40)/b27-24+. The van der Waals surface area contributed by atoms with E-state index in [1.165, 1.54) is 43.0 Å². The number of carbonyl (C=O) groups is 2. The van der Waals surface area contributed by atoms with Gasteiger partial charge in [-0.1, -0.05) is 43.5 Å². The van der Waals surface area contributed by atoms with E-state index in [-0.39, 0.29) is 22.7 Å². The molecular weight excluding hydrogens is 524 g/mol. The van der Waals surface area contributed by atoms with Crippen LogP contribution in [0.25, 0.3) is 5.57 Å². The molecule has 7 rings (SSSR count). The van der Waals surface area contributed by atoms with Crippen LogP contribution in [0.4, 0.5) is 11.4 Å². The van der Waals surface area contributed by atoms with Gasteiger partial charge in [0.2, 0.25) is 5.91 Å². The first-order valence-corrected chi connectivity index (χ1v) is 16.1. The van der Waals surface area contributed by atoms with Crippen LogP contribution in [-0.2, 0) is 19.7 Å². The van der Waals surface area contributed by atoms with Crippen LogP contribution in [-0.4, -0.2) is 49.8 Å². The highest BCUT2D eigenvalue weighted by molar-refractivity contribution is 5.96. The summed E-state index contributed by atoms with van der Waals surface area (Å²) in [5.74, 6) is -0.594. The van der Waals surface area contributed by atoms with Gasteiger partial charge in [0, 0.05) is 43.0 Å². The molecular formula is C36H46N2O4. The van der Waals surface area contributed by atoms with Crippen molar-refractivity contribution in [2.75, 3.05) is 42.6 Å². The van der Waals surface area contributed by atoms with Crippen molar-refractivity contribution in [2.24, 2.45) is 11.3 Å². The Morgan fingerprint density at radius 2 is 1.62 bits per heavy atom. The molecule has 2 aromatic carbocycles. The molecule has 2 aromatic rings. The van der Waals surface area contributed by atoms with E-state index < -0.39 is 5.97 Å². The first-order valence-electron chi connectivity index (χ1n) is 16.1. The van der Waals surface area contributed by atoms with Gasteiger partial charge in [-0.25, -0.2) is 4.79 Å². The molecule has 1 saturated heterocycles. The predicted molar refractivity (Wildman–Crippen MR) is 168 cm³/mol. The zero-order chi connectivity index (χ0) is 29.2. The van der Waals surface area contributed by atoms with Gasteiger partial charge in [0.1, 0.15) is 0 Å². The second-order valence-electron chi connectivity index (χ2n) is 13.4. The molecule has 4 aliphatic carbocycles. The molecule has 1 aliphatic heterocycles. The summed E-state index contributed by atoms with van der Waals surface area (Å²) in [4.78, 5) is 30.0. The zero-order valence-electron chi connectivity index (χ0n) is 25.2. The Hall–Kier alpha value is -3.12. The van der Waals surface area contributed by atoms with Crippen molar-refractivity contribution in [1.82, 2.24) is 0 Å². The van der Waals surface area contributed by atoms with Crippen LogP contribution in [0.1, 0.15) is 88.7 Å². The number of allylic oxidation sites excluding steroid dienone is 1. The molecule has 1 heterocycles. The number of fused-ring (bicyclic) bond motifs is 3. The van der Waals surface area contributed by atoms with E-state index in [1.54, 1.807) is 0 Å². The number of carbonyl (C=O) groups excluding carboxylic acids is 1. The lowest BCUT2D eigenvalue weighted by Gasteiger charge is -2.55. The predicted octanol–water partition coefficient (Wildman–Crippen LogP) is 7.22. The van der Waals surface area contributed by atoms with Crippen LogP contribution < -0.4 is 9.80 Å². The normalized spacial score (nSPS) is 26.7. The van der Waals surface area contributed by atoms with Crippen molar-refractivity contribution in [1.29, 1.82) is 0 Å². The molecule has 42 heavy (non-hydrogen) atoms. The van der Waals surface area contributed by atoms with Gasteiger partial charge in [-0.15, -0.1) is 0 Å². The largest absolute Gasteiger partial charge is 0.478 e. The number of rotatable bonds is 8. The van der Waals surface area contributed by atoms with Gasteiger partial charge in [0.25, 0.3) is 0 Å². The molecule has 6 heteroatoms. The van der Waals surface area contributed by atoms with Crippen LogP contribution in [0.3, 0.4) is 0 Å². The van der Waals surface area contributed by atoms with E-state index in [9.17, 15) is 14.7 Å². The monoisotopic (exact) mass is 570 g/mol. The molecule has 1 amide bonds. The fourth-order valence-electron chi connectivity index (χ4n) is 8.17. The molecule has 0 atom stereocenters. The van der Waals surface area contributed by atoms with E-state index in [2.05, 4.69) is 34.1 Å². The minimum Gasteiger partial charge on any atom is -0.478 e. The minimum absolute atomic E-state index is 0.0886. The van der Waals surface area contributed by atoms with Crippen molar-refractivity contribution >= 4 is 28.8 Å². The maximum atomic E-state index is 14.2. The summed E-state index contributed by atoms with van der Waals surface area (Å²) in [7, 11) is 0. The number of anilines is 2. The Bertz CT molecular complexity index is 1280. The lowest BCUT2D eigenvalue weighted by Crippen LogP contribution is -2.51. The number of hydrogen-bond acceptors (Lipinski definition) is 4. The molecule has 2 bridgehead atoms. The van der Waals surface area contributed by atoms with Crippen molar-refractivity contribution in [2.45, 2.75) is 83.0 Å². The summed E-state index contributed by atoms with van der Waals surface area (Å²) in [5.41, 5.74) is 5.65. The Morgan fingerprint density at radius 1 is 0.952 bits per heavy atom. The number of morpholine rings is 1. The third kappa shape index (κ3) is 6.01. The first-order chi connectivity index (χ1) is 20.4. The number of benzene rings is 2. The smallest absolute Gasteiger partial charge is 0.328 e. The van der Waals surface area contributed by atoms with Crippen LogP contribution in [0.15, 0.2) is 54.6 Å². The fraction of sp³-hybridized carbons (Fsp3) is 0.556. The second kappa shape index (κ2) is 12.2. The van der Waals surface area contributed by atoms with Crippen molar-refractivity contribution in [3.8, 4) is 0 Å². The van der Waals surface area contributed by atoms with Crippen molar-refractivity contribution in [3.63, 3.8) is 0 Å². The molecule has 224 valence electrons. The van der Waals surface area contributed by atoms with Crippen LogP contribution in [0, 0.1) is 11.3 Å². The Kier molecular flexibility index (Phi) is 8.44. The number of aliphatic carboxylic acids is 1. The minimum atomic E-state index is -0.949. The van der Waals surface area contributed by atoms with Gasteiger partial charge in [-0.05, 0) is 110 Å². The summed E-state index contributed by atoms with van der Waals surface area (Å²) < 4.78 is 5.53. The van der Waals surface area contributed by atoms with Crippen LogP contribution in [0.2, 0.25) is 0 Å². The van der Waals surface area contributed by atoms with E-state index in [4.69, 9.17) is 4.74 Å². The van der Waals surface area contributed by atoms with Crippen molar-refractivity contribution < 1.29 is 19.4 Å². The Labute approximate surface area is 250 Å². The van der Waals surface area contributed by atoms with Crippen molar-refractivity contribution in [3.05, 3.63) is 65.7 Å². The van der Waals surface area contributed by atoms with Gasteiger partial charge in [0.15, 0.2) is 0 Å². The van der Waals surface area contributed by atoms with Gasteiger partial charge in [0.05, 0.1) is 13.2 Å². The highest BCUT2D eigenvalue weighted by atomic mass is 16.5. The molecule has 6 nitrogen and oxygen atoms in total. The van der Waals surface area contributed by atoms with Gasteiger partial charge in [-0.3, -0.25) is 4.79 Å². The average Bonchev–Trinajstić information content (AvgIpc) is 3.05. The SMILES string of the molecule is C/C(=C\C(=O)O)c1cccc(N(CC23CCC(c4ccc(N5CCOCC5)cc4)(CC2)CC3)C(=O)C2CCCCC2)c1. The number of carboxylic acid groups (broad SMARTS) is 1. The van der Waals surface area contributed by atoms with Gasteiger partial charge >= 0.3 is 5.97 Å². The second-order valence-corrected chi connectivity index (χ2v) is 13.4. The summed E-state index contributed by atoms with van der Waals surface area (Å²) in [5, 5.41) is 9.30. The molecule has 0 unspecified atom stereocenters. The topological polar surface area (TPSA) is 70.1 Å². The maximum Gasteiger partial charge on any atom is 0.328 e. The highest BCUT2D eigenvalue weighted by Gasteiger charge is 2.50. The van der Waals surface area contributed by atoms with E-state index in [0.29, 0.717) is 5.57 Å². The lowest BCUT2D eigenvalue weighted by molar-refractivity contribution is -0.131. The first kappa shape index (κ1) is 29.0. The van der Waals surface area contributed by atoms with Gasteiger partial charge < -0.3 is 19.6 Å². The third-order valence-corrected chi connectivity index (χ3v) is 10.9. The summed E-state index contributed by atoms with van der Waals surface area (Å²) >= 11 is 0. The number of nitrogens with zero attached hydrogens (tertiary/aromatic N) is 2. The Balaban J connectivity index is 1.21. The molecule has 5 aliphatic rings. The quantitative estimate of drug-likeness (QED) is 0.340. The average molecular weight is 571 g/mol. The molecule has 1 N–H and O–H groups in total. The summed E-state index contributed by atoms with van der Waals surface area (Å²) in [6.45, 7) is 6.12. The van der Waals surface area contributed by atoms with E-state index in [0.717, 1.165) is 89.0 Å². The summed E-state index contributed by atoms with van der Waals surface area (Å²) in [6, 6.07) is 17.4. The lowest BCUT2D eigenvalue weighted by atomic mass is 9.51. The Morgan fingerprint density at radius 3 is 2.26 bits per heavy atom. The number of hydrogen-bond donors (Lipinski definition) is 1. The molecule has 0 spiro atoms. The zero-order valence-corrected chi connectivity index (χ0v) is 25.2. The molecule has 5 fully saturated rings.